The SMILES string of the molecule is COc1cc(S(=O)(=O)N2CCOCC2)ccc1NC(=O)COC(=O)C(C)(C)C. The van der Waals surface area contributed by atoms with Crippen molar-refractivity contribution in [3.63, 3.8) is 0 Å². The summed E-state index contributed by atoms with van der Waals surface area (Å²) in [5.74, 6) is -0.869. The molecule has 1 saturated heterocycles. The molecule has 0 radical (unpaired) electrons. The quantitative estimate of drug-likeness (QED) is 0.697. The molecule has 1 N–H and O–H groups in total. The van der Waals surface area contributed by atoms with E-state index in [9.17, 15) is 18.0 Å². The monoisotopic (exact) mass is 414 g/mol. The highest BCUT2D eigenvalue weighted by Gasteiger charge is 2.27. The molecule has 28 heavy (non-hydrogen) atoms. The highest BCUT2D eigenvalue weighted by Crippen LogP contribution is 2.29. The maximum absolute atomic E-state index is 12.7. The number of carbonyl (C=O) groups is 2. The molecule has 1 aromatic carbocycles. The van der Waals surface area contributed by atoms with E-state index in [0.29, 0.717) is 13.2 Å². The van der Waals surface area contributed by atoms with Crippen LogP contribution < -0.4 is 10.1 Å². The van der Waals surface area contributed by atoms with E-state index in [-0.39, 0.29) is 29.4 Å². The van der Waals surface area contributed by atoms with Crippen molar-refractivity contribution in [2.45, 2.75) is 25.7 Å². The zero-order valence-electron chi connectivity index (χ0n) is 16.5. The number of anilines is 1. The van der Waals surface area contributed by atoms with Gasteiger partial charge in [-0.2, -0.15) is 4.31 Å². The first-order chi connectivity index (χ1) is 13.1. The Balaban J connectivity index is 2.10. The molecular formula is C18H26N2O7S. The summed E-state index contributed by atoms with van der Waals surface area (Å²) in [7, 11) is -2.32. The largest absolute Gasteiger partial charge is 0.495 e. The molecule has 1 heterocycles. The van der Waals surface area contributed by atoms with Gasteiger partial charge >= 0.3 is 5.97 Å². The molecule has 1 fully saturated rings. The first-order valence-electron chi connectivity index (χ1n) is 8.78. The molecule has 0 aromatic heterocycles. The van der Waals surface area contributed by atoms with Crippen LogP contribution in [0.5, 0.6) is 5.75 Å². The van der Waals surface area contributed by atoms with Gasteiger partial charge in [0.2, 0.25) is 10.0 Å². The van der Waals surface area contributed by atoms with Crippen LogP contribution in [0.4, 0.5) is 5.69 Å². The molecule has 2 rings (SSSR count). The molecule has 156 valence electrons. The van der Waals surface area contributed by atoms with Gasteiger partial charge in [0.25, 0.3) is 5.91 Å². The number of rotatable bonds is 6. The summed E-state index contributed by atoms with van der Waals surface area (Å²) in [4.78, 5) is 23.9. The van der Waals surface area contributed by atoms with Crippen molar-refractivity contribution in [2.75, 3.05) is 45.3 Å². The van der Waals surface area contributed by atoms with Crippen molar-refractivity contribution in [2.24, 2.45) is 5.41 Å². The molecule has 0 spiro atoms. The second-order valence-electron chi connectivity index (χ2n) is 7.25. The van der Waals surface area contributed by atoms with Gasteiger partial charge in [0.1, 0.15) is 5.75 Å². The molecule has 0 unspecified atom stereocenters. The number of esters is 1. The number of morpholine rings is 1. The van der Waals surface area contributed by atoms with E-state index in [1.165, 1.54) is 29.6 Å². The second kappa shape index (κ2) is 8.89. The van der Waals surface area contributed by atoms with Crippen molar-refractivity contribution < 1.29 is 32.2 Å². The molecule has 10 heteroatoms. The number of ether oxygens (including phenoxy) is 3. The average molecular weight is 414 g/mol. The maximum Gasteiger partial charge on any atom is 0.311 e. The lowest BCUT2D eigenvalue weighted by molar-refractivity contribution is -0.155. The molecule has 0 aliphatic carbocycles. The van der Waals surface area contributed by atoms with Gasteiger partial charge in [0.05, 0.1) is 36.3 Å². The highest BCUT2D eigenvalue weighted by atomic mass is 32.2. The Kier molecular flexibility index (Phi) is 7.02. The molecule has 1 aromatic rings. The lowest BCUT2D eigenvalue weighted by Gasteiger charge is -2.26. The first kappa shape index (κ1) is 22.1. The Bertz CT molecular complexity index is 825. The number of hydrogen-bond donors (Lipinski definition) is 1. The second-order valence-corrected chi connectivity index (χ2v) is 9.19. The lowest BCUT2D eigenvalue weighted by atomic mass is 9.97. The van der Waals surface area contributed by atoms with Crippen molar-refractivity contribution in [3.8, 4) is 5.75 Å². The molecule has 0 bridgehead atoms. The Morgan fingerprint density at radius 3 is 2.43 bits per heavy atom. The zero-order chi connectivity index (χ0) is 20.9. The standard InChI is InChI=1S/C18H26N2O7S/c1-18(2,3)17(22)27-12-16(21)19-14-6-5-13(11-15(14)25-4)28(23,24)20-7-9-26-10-8-20/h5-6,11H,7-10,12H2,1-4H3,(H,19,21). The predicted molar refractivity (Wildman–Crippen MR) is 102 cm³/mol. The van der Waals surface area contributed by atoms with Crippen LogP contribution in [-0.2, 0) is 29.1 Å². The first-order valence-corrected chi connectivity index (χ1v) is 10.2. The van der Waals surface area contributed by atoms with E-state index in [0.717, 1.165) is 0 Å². The maximum atomic E-state index is 12.7. The average Bonchev–Trinajstić information content (AvgIpc) is 2.66. The van der Waals surface area contributed by atoms with Gasteiger partial charge in [-0.1, -0.05) is 0 Å². The summed E-state index contributed by atoms with van der Waals surface area (Å²) in [5, 5.41) is 2.56. The van der Waals surface area contributed by atoms with Gasteiger partial charge in [-0.3, -0.25) is 9.59 Å². The summed E-state index contributed by atoms with van der Waals surface area (Å²) in [6, 6.07) is 4.18. The fraction of sp³-hybridized carbons (Fsp3) is 0.556. The van der Waals surface area contributed by atoms with E-state index in [1.54, 1.807) is 20.8 Å². The third-order valence-electron chi connectivity index (χ3n) is 4.00. The third-order valence-corrected chi connectivity index (χ3v) is 5.90. The molecule has 0 atom stereocenters. The van der Waals surface area contributed by atoms with Crippen LogP contribution in [0.1, 0.15) is 20.8 Å². The van der Waals surface area contributed by atoms with Crippen LogP contribution in [-0.4, -0.2) is 64.6 Å². The van der Waals surface area contributed by atoms with E-state index >= 15 is 0 Å². The summed E-state index contributed by atoms with van der Waals surface area (Å²) in [6.07, 6.45) is 0. The van der Waals surface area contributed by atoms with E-state index in [2.05, 4.69) is 5.32 Å². The number of methoxy groups -OCH3 is 1. The van der Waals surface area contributed by atoms with Crippen LogP contribution in [0.15, 0.2) is 23.1 Å². The predicted octanol–water partition coefficient (Wildman–Crippen LogP) is 1.24. The Morgan fingerprint density at radius 2 is 1.86 bits per heavy atom. The van der Waals surface area contributed by atoms with Gasteiger partial charge < -0.3 is 19.5 Å². The molecule has 0 saturated carbocycles. The number of sulfonamides is 1. The van der Waals surface area contributed by atoms with Crippen molar-refractivity contribution in [1.29, 1.82) is 0 Å². The Labute approximate surface area is 165 Å². The molecular weight excluding hydrogens is 388 g/mol. The van der Waals surface area contributed by atoms with Gasteiger partial charge in [-0.05, 0) is 32.9 Å². The van der Waals surface area contributed by atoms with Crippen molar-refractivity contribution >= 4 is 27.6 Å². The lowest BCUT2D eigenvalue weighted by Crippen LogP contribution is -2.40. The Morgan fingerprint density at radius 1 is 1.21 bits per heavy atom. The topological polar surface area (TPSA) is 111 Å². The van der Waals surface area contributed by atoms with Crippen molar-refractivity contribution in [3.05, 3.63) is 18.2 Å². The number of hydrogen-bond acceptors (Lipinski definition) is 7. The highest BCUT2D eigenvalue weighted by molar-refractivity contribution is 7.89. The van der Waals surface area contributed by atoms with Crippen LogP contribution in [0.2, 0.25) is 0 Å². The number of carbonyl (C=O) groups excluding carboxylic acids is 2. The minimum Gasteiger partial charge on any atom is -0.495 e. The minimum absolute atomic E-state index is 0.0587. The summed E-state index contributed by atoms with van der Waals surface area (Å²) < 4.78 is 42.2. The van der Waals surface area contributed by atoms with Crippen molar-refractivity contribution in [1.82, 2.24) is 4.31 Å². The zero-order valence-corrected chi connectivity index (χ0v) is 17.3. The number of benzene rings is 1. The molecule has 1 aliphatic rings. The van der Waals surface area contributed by atoms with Crippen LogP contribution in [0, 0.1) is 5.41 Å². The third kappa shape index (κ3) is 5.43. The number of nitrogens with zero attached hydrogens (tertiary/aromatic N) is 1. The van der Waals surface area contributed by atoms with E-state index in [1.807, 2.05) is 0 Å². The van der Waals surface area contributed by atoms with Crippen LogP contribution in [0.3, 0.4) is 0 Å². The minimum atomic E-state index is -3.69. The number of amides is 1. The van der Waals surface area contributed by atoms with Crippen LogP contribution >= 0.6 is 0 Å². The van der Waals surface area contributed by atoms with Gasteiger partial charge in [-0.15, -0.1) is 0 Å². The summed E-state index contributed by atoms with van der Waals surface area (Å²) in [5.41, 5.74) is -0.437. The van der Waals surface area contributed by atoms with E-state index in [4.69, 9.17) is 14.2 Å². The molecule has 1 amide bonds. The Hall–Kier alpha value is -2.17. The van der Waals surface area contributed by atoms with Gasteiger partial charge in [0, 0.05) is 19.2 Å². The van der Waals surface area contributed by atoms with E-state index < -0.39 is 33.9 Å². The normalized spacial score (nSPS) is 15.7. The summed E-state index contributed by atoms with van der Waals surface area (Å²) >= 11 is 0. The number of nitrogens with one attached hydrogen (secondary N) is 1. The molecule has 9 nitrogen and oxygen atoms in total. The fourth-order valence-corrected chi connectivity index (χ4v) is 3.83. The smallest absolute Gasteiger partial charge is 0.311 e. The van der Waals surface area contributed by atoms with Crippen LogP contribution in [0.25, 0.3) is 0 Å². The molecule has 1 aliphatic heterocycles. The fourth-order valence-electron chi connectivity index (χ4n) is 2.41. The summed E-state index contributed by atoms with van der Waals surface area (Å²) in [6.45, 7) is 5.85. The van der Waals surface area contributed by atoms with Gasteiger partial charge in [-0.25, -0.2) is 8.42 Å². The van der Waals surface area contributed by atoms with Gasteiger partial charge in [0.15, 0.2) is 6.61 Å².